The number of hydrogen-bond donors (Lipinski definition) is 2. The summed E-state index contributed by atoms with van der Waals surface area (Å²) in [6, 6.07) is 0. The molecule has 76 valence electrons. The van der Waals surface area contributed by atoms with Crippen LogP contribution in [-0.2, 0) is 0 Å². The van der Waals surface area contributed by atoms with Crippen molar-refractivity contribution in [3.05, 3.63) is 12.0 Å². The molecule has 2 rings (SSSR count). The van der Waals surface area contributed by atoms with Crippen molar-refractivity contribution in [3.63, 3.8) is 0 Å². The van der Waals surface area contributed by atoms with Crippen molar-refractivity contribution in [3.8, 4) is 0 Å². The molecule has 1 aliphatic carbocycles. The van der Waals surface area contributed by atoms with E-state index in [1.807, 2.05) is 0 Å². The highest BCUT2D eigenvalue weighted by atomic mass is 19.1. The molecule has 0 atom stereocenters. The van der Waals surface area contributed by atoms with Crippen molar-refractivity contribution in [1.29, 1.82) is 0 Å². The lowest BCUT2D eigenvalue weighted by atomic mass is 10.1. The van der Waals surface area contributed by atoms with Gasteiger partial charge in [0.15, 0.2) is 11.6 Å². The number of nitrogen functional groups attached to an aromatic ring is 1. The van der Waals surface area contributed by atoms with Gasteiger partial charge in [-0.3, -0.25) is 0 Å². The van der Waals surface area contributed by atoms with E-state index in [0.717, 1.165) is 12.7 Å². The van der Waals surface area contributed by atoms with Crippen LogP contribution in [0.15, 0.2) is 6.20 Å². The average Bonchev–Trinajstić information content (AvgIpc) is 2.87. The maximum absolute atomic E-state index is 13.1. The Bertz CT molecular complexity index is 349. The summed E-state index contributed by atoms with van der Waals surface area (Å²) < 4.78 is 13.1. The van der Waals surface area contributed by atoms with Crippen LogP contribution in [0.2, 0.25) is 0 Å². The van der Waals surface area contributed by atoms with Crippen LogP contribution in [0.3, 0.4) is 0 Å². The number of nitrogens with one attached hydrogen (secondary N) is 1. The zero-order chi connectivity index (χ0) is 10.2. The second-order valence-corrected chi connectivity index (χ2v) is 4.09. The minimum Gasteiger partial charge on any atom is -0.368 e. The largest absolute Gasteiger partial charge is 0.368 e. The number of rotatable bonds is 3. The van der Waals surface area contributed by atoms with E-state index in [9.17, 15) is 4.39 Å². The van der Waals surface area contributed by atoms with E-state index in [0.29, 0.717) is 5.41 Å². The summed E-state index contributed by atoms with van der Waals surface area (Å²) in [5, 5.41) is 2.95. The van der Waals surface area contributed by atoms with Gasteiger partial charge in [-0.2, -0.15) is 4.98 Å². The van der Waals surface area contributed by atoms with E-state index < -0.39 is 5.82 Å². The minimum atomic E-state index is -0.455. The van der Waals surface area contributed by atoms with E-state index in [1.165, 1.54) is 12.8 Å². The fourth-order valence-corrected chi connectivity index (χ4v) is 1.19. The second kappa shape index (κ2) is 3.08. The lowest BCUT2D eigenvalue weighted by Crippen LogP contribution is -2.14. The van der Waals surface area contributed by atoms with E-state index in [2.05, 4.69) is 22.2 Å². The van der Waals surface area contributed by atoms with Gasteiger partial charge in [0.25, 0.3) is 0 Å². The van der Waals surface area contributed by atoms with Crippen LogP contribution in [0, 0.1) is 11.2 Å². The smallest absolute Gasteiger partial charge is 0.222 e. The standard InChI is InChI=1S/C9H13FN4/c1-9(2-3-9)5-13-7-6(10)4-12-8(11)14-7/h4H,2-3,5H2,1H3,(H3,11,12,13,14). The summed E-state index contributed by atoms with van der Waals surface area (Å²) in [6.45, 7) is 2.89. The van der Waals surface area contributed by atoms with Crippen molar-refractivity contribution in [1.82, 2.24) is 9.97 Å². The van der Waals surface area contributed by atoms with Gasteiger partial charge in [0.1, 0.15) is 0 Å². The van der Waals surface area contributed by atoms with Crippen LogP contribution in [-0.4, -0.2) is 16.5 Å². The molecule has 0 aromatic carbocycles. The fraction of sp³-hybridized carbons (Fsp3) is 0.556. The molecule has 4 nitrogen and oxygen atoms in total. The molecule has 0 bridgehead atoms. The fourth-order valence-electron chi connectivity index (χ4n) is 1.19. The molecule has 0 saturated heterocycles. The number of hydrogen-bond acceptors (Lipinski definition) is 4. The average molecular weight is 196 g/mol. The van der Waals surface area contributed by atoms with Crippen molar-refractivity contribution < 1.29 is 4.39 Å². The minimum absolute atomic E-state index is 0.0925. The summed E-state index contributed by atoms with van der Waals surface area (Å²) in [6.07, 6.45) is 3.45. The summed E-state index contributed by atoms with van der Waals surface area (Å²) in [5.74, 6) is -0.163. The molecule has 1 fully saturated rings. The molecule has 1 heterocycles. The predicted molar refractivity (Wildman–Crippen MR) is 52.2 cm³/mol. The van der Waals surface area contributed by atoms with Gasteiger partial charge < -0.3 is 11.1 Å². The number of anilines is 2. The highest BCUT2D eigenvalue weighted by Gasteiger charge is 2.37. The molecule has 5 heteroatoms. The first kappa shape index (κ1) is 9.18. The summed E-state index contributed by atoms with van der Waals surface area (Å²) in [7, 11) is 0. The van der Waals surface area contributed by atoms with Gasteiger partial charge in [0, 0.05) is 6.54 Å². The van der Waals surface area contributed by atoms with Gasteiger partial charge in [0.05, 0.1) is 6.20 Å². The Kier molecular flexibility index (Phi) is 2.02. The van der Waals surface area contributed by atoms with Gasteiger partial charge in [-0.25, -0.2) is 9.37 Å². The summed E-state index contributed by atoms with van der Waals surface area (Å²) >= 11 is 0. The molecule has 1 aromatic rings. The molecule has 0 unspecified atom stereocenters. The molecule has 0 amide bonds. The highest BCUT2D eigenvalue weighted by molar-refractivity contribution is 5.39. The number of halogens is 1. The summed E-state index contributed by atoms with van der Waals surface area (Å²) in [4.78, 5) is 7.34. The first-order valence-electron chi connectivity index (χ1n) is 4.61. The van der Waals surface area contributed by atoms with Gasteiger partial charge in [-0.1, -0.05) is 6.92 Å². The van der Waals surface area contributed by atoms with E-state index in [-0.39, 0.29) is 11.8 Å². The van der Waals surface area contributed by atoms with Crippen molar-refractivity contribution in [2.45, 2.75) is 19.8 Å². The number of nitrogens with two attached hydrogens (primary N) is 1. The van der Waals surface area contributed by atoms with Crippen molar-refractivity contribution in [2.24, 2.45) is 5.41 Å². The maximum atomic E-state index is 13.1. The second-order valence-electron chi connectivity index (χ2n) is 4.09. The Morgan fingerprint density at radius 3 is 3.00 bits per heavy atom. The van der Waals surface area contributed by atoms with Crippen LogP contribution in [0.4, 0.5) is 16.2 Å². The topological polar surface area (TPSA) is 63.8 Å². The van der Waals surface area contributed by atoms with Crippen LogP contribution >= 0.6 is 0 Å². The molecule has 1 aliphatic rings. The van der Waals surface area contributed by atoms with Gasteiger partial charge in [0.2, 0.25) is 5.95 Å². The molecule has 0 aliphatic heterocycles. The first-order chi connectivity index (χ1) is 6.59. The monoisotopic (exact) mass is 196 g/mol. The van der Waals surface area contributed by atoms with E-state index >= 15 is 0 Å². The summed E-state index contributed by atoms with van der Waals surface area (Å²) in [5.41, 5.74) is 5.67. The number of aromatic nitrogens is 2. The Morgan fingerprint density at radius 1 is 1.64 bits per heavy atom. The third-order valence-corrected chi connectivity index (χ3v) is 2.55. The first-order valence-corrected chi connectivity index (χ1v) is 4.61. The van der Waals surface area contributed by atoms with Crippen LogP contribution in [0.5, 0.6) is 0 Å². The normalized spacial score (nSPS) is 17.9. The Hall–Kier alpha value is -1.39. The predicted octanol–water partition coefficient (Wildman–Crippen LogP) is 1.41. The van der Waals surface area contributed by atoms with E-state index in [4.69, 9.17) is 5.73 Å². The van der Waals surface area contributed by atoms with Crippen LogP contribution in [0.1, 0.15) is 19.8 Å². The third kappa shape index (κ3) is 1.92. The zero-order valence-electron chi connectivity index (χ0n) is 8.05. The van der Waals surface area contributed by atoms with Gasteiger partial charge in [-0.15, -0.1) is 0 Å². The molecule has 1 saturated carbocycles. The zero-order valence-corrected chi connectivity index (χ0v) is 8.05. The highest BCUT2D eigenvalue weighted by Crippen LogP contribution is 2.44. The Morgan fingerprint density at radius 2 is 2.36 bits per heavy atom. The van der Waals surface area contributed by atoms with Gasteiger partial charge >= 0.3 is 0 Å². The Balaban J connectivity index is 2.04. The number of nitrogens with zero attached hydrogens (tertiary/aromatic N) is 2. The molecular weight excluding hydrogens is 183 g/mol. The Labute approximate surface area is 81.7 Å². The van der Waals surface area contributed by atoms with Crippen molar-refractivity contribution >= 4 is 11.8 Å². The molecule has 1 aromatic heterocycles. The molecule has 0 radical (unpaired) electrons. The molecule has 14 heavy (non-hydrogen) atoms. The quantitative estimate of drug-likeness (QED) is 0.767. The SMILES string of the molecule is CC1(CNc2nc(N)ncc2F)CC1. The lowest BCUT2D eigenvalue weighted by Gasteiger charge is -2.10. The van der Waals surface area contributed by atoms with Crippen LogP contribution in [0.25, 0.3) is 0 Å². The van der Waals surface area contributed by atoms with Gasteiger partial charge in [-0.05, 0) is 18.3 Å². The van der Waals surface area contributed by atoms with E-state index in [1.54, 1.807) is 0 Å². The third-order valence-electron chi connectivity index (χ3n) is 2.55. The van der Waals surface area contributed by atoms with Crippen LogP contribution < -0.4 is 11.1 Å². The van der Waals surface area contributed by atoms with Crippen molar-refractivity contribution in [2.75, 3.05) is 17.6 Å². The maximum Gasteiger partial charge on any atom is 0.222 e. The lowest BCUT2D eigenvalue weighted by molar-refractivity contribution is 0.590. The molecular formula is C9H13FN4. The molecule has 0 spiro atoms. The molecule has 3 N–H and O–H groups in total.